The molecule has 3 rings (SSSR count). The highest BCUT2D eigenvalue weighted by Gasteiger charge is 2.19. The second-order valence-corrected chi connectivity index (χ2v) is 5.85. The second kappa shape index (κ2) is 8.00. The highest BCUT2D eigenvalue weighted by Crippen LogP contribution is 2.25. The van der Waals surface area contributed by atoms with Crippen molar-refractivity contribution in [2.24, 2.45) is 0 Å². The second-order valence-electron chi connectivity index (χ2n) is 4.94. The maximum absolute atomic E-state index is 5.01. The molecular weight excluding hydrogens is 304 g/mol. The van der Waals surface area contributed by atoms with Crippen LogP contribution in [0.15, 0.2) is 22.7 Å². The van der Waals surface area contributed by atoms with E-state index >= 15 is 0 Å². The van der Waals surface area contributed by atoms with E-state index in [9.17, 15) is 0 Å². The molecule has 0 amide bonds. The molecule has 106 valence electrons. The molecule has 1 heterocycles. The van der Waals surface area contributed by atoms with E-state index in [4.69, 9.17) is 4.74 Å². The van der Waals surface area contributed by atoms with Crippen LogP contribution in [0.4, 0.5) is 0 Å². The van der Waals surface area contributed by atoms with Crippen molar-refractivity contribution in [3.8, 4) is 0 Å². The van der Waals surface area contributed by atoms with Crippen LogP contribution in [0, 0.1) is 0 Å². The van der Waals surface area contributed by atoms with Crippen molar-refractivity contribution in [1.29, 1.82) is 0 Å². The van der Waals surface area contributed by atoms with Crippen molar-refractivity contribution >= 4 is 15.9 Å². The van der Waals surface area contributed by atoms with Gasteiger partial charge in [0.2, 0.25) is 0 Å². The third kappa shape index (κ3) is 4.88. The Labute approximate surface area is 124 Å². The molecule has 1 aliphatic heterocycles. The monoisotopic (exact) mass is 326 g/mol. The largest absolute Gasteiger partial charge is 0.379 e. The Balaban J connectivity index is 0.000000186. The molecule has 0 spiro atoms. The number of morpholine rings is 1. The third-order valence-corrected chi connectivity index (χ3v) is 3.93. The standard InChI is InChI=1S/C11H14BrN.C4H9NO/c1-2-13-11-6-8-3-4-10(12)5-9(8)7-11;1-3-6-4-2-5-1/h3-5,11,13H,2,6-7H2,1H3;5H,1-4H2. The van der Waals surface area contributed by atoms with Gasteiger partial charge in [-0.1, -0.05) is 28.9 Å². The molecule has 1 fully saturated rings. The minimum atomic E-state index is 0.661. The van der Waals surface area contributed by atoms with E-state index in [0.29, 0.717) is 6.04 Å². The Morgan fingerprint density at radius 1 is 1.26 bits per heavy atom. The lowest BCUT2D eigenvalue weighted by Crippen LogP contribution is -2.30. The van der Waals surface area contributed by atoms with Gasteiger partial charge < -0.3 is 15.4 Å². The van der Waals surface area contributed by atoms with E-state index in [0.717, 1.165) is 32.8 Å². The van der Waals surface area contributed by atoms with Crippen molar-refractivity contribution in [3.63, 3.8) is 0 Å². The highest BCUT2D eigenvalue weighted by atomic mass is 79.9. The van der Waals surface area contributed by atoms with Gasteiger partial charge in [0.1, 0.15) is 0 Å². The summed E-state index contributed by atoms with van der Waals surface area (Å²) in [6.45, 7) is 7.07. The molecule has 0 saturated carbocycles. The van der Waals surface area contributed by atoms with E-state index in [1.165, 1.54) is 28.4 Å². The van der Waals surface area contributed by atoms with Gasteiger partial charge in [0.05, 0.1) is 13.2 Å². The van der Waals surface area contributed by atoms with Gasteiger partial charge in [0, 0.05) is 23.6 Å². The molecular formula is C15H23BrN2O. The van der Waals surface area contributed by atoms with E-state index in [1.807, 2.05) is 0 Å². The first-order valence-corrected chi connectivity index (χ1v) is 7.88. The summed E-state index contributed by atoms with van der Waals surface area (Å²) in [5, 5.41) is 6.66. The zero-order valence-corrected chi connectivity index (χ0v) is 13.1. The van der Waals surface area contributed by atoms with Crippen LogP contribution < -0.4 is 10.6 Å². The molecule has 1 aromatic carbocycles. The summed E-state index contributed by atoms with van der Waals surface area (Å²) in [5.74, 6) is 0. The van der Waals surface area contributed by atoms with Crippen LogP contribution in [-0.4, -0.2) is 38.9 Å². The molecule has 1 saturated heterocycles. The van der Waals surface area contributed by atoms with Crippen molar-refractivity contribution in [1.82, 2.24) is 10.6 Å². The Morgan fingerprint density at radius 3 is 2.58 bits per heavy atom. The first-order valence-electron chi connectivity index (χ1n) is 7.08. The van der Waals surface area contributed by atoms with Crippen LogP contribution in [0.2, 0.25) is 0 Å². The number of fused-ring (bicyclic) bond motifs is 1. The molecule has 1 aliphatic carbocycles. The SMILES string of the molecule is C1COCCN1.CCNC1Cc2ccc(Br)cc2C1. The molecule has 0 radical (unpaired) electrons. The van der Waals surface area contributed by atoms with Crippen molar-refractivity contribution < 1.29 is 4.74 Å². The summed E-state index contributed by atoms with van der Waals surface area (Å²) in [4.78, 5) is 0. The number of ether oxygens (including phenoxy) is 1. The maximum atomic E-state index is 5.01. The van der Waals surface area contributed by atoms with Gasteiger partial charge in [0.15, 0.2) is 0 Å². The minimum Gasteiger partial charge on any atom is -0.379 e. The normalized spacial score (nSPS) is 21.5. The van der Waals surface area contributed by atoms with Gasteiger partial charge in [-0.25, -0.2) is 0 Å². The van der Waals surface area contributed by atoms with Crippen LogP contribution in [0.25, 0.3) is 0 Å². The molecule has 4 heteroatoms. The fraction of sp³-hybridized carbons (Fsp3) is 0.600. The Kier molecular flexibility index (Phi) is 6.31. The number of halogens is 1. The summed E-state index contributed by atoms with van der Waals surface area (Å²) in [6.07, 6.45) is 2.37. The zero-order chi connectivity index (χ0) is 13.5. The quantitative estimate of drug-likeness (QED) is 0.873. The van der Waals surface area contributed by atoms with Crippen LogP contribution in [0.1, 0.15) is 18.1 Å². The minimum absolute atomic E-state index is 0.661. The summed E-state index contributed by atoms with van der Waals surface area (Å²) in [5.41, 5.74) is 3.01. The fourth-order valence-corrected chi connectivity index (χ4v) is 2.94. The van der Waals surface area contributed by atoms with Crippen molar-refractivity contribution in [2.45, 2.75) is 25.8 Å². The van der Waals surface area contributed by atoms with Gasteiger partial charge in [-0.05, 0) is 42.6 Å². The topological polar surface area (TPSA) is 33.3 Å². The van der Waals surface area contributed by atoms with E-state index in [2.05, 4.69) is 51.7 Å². The smallest absolute Gasteiger partial charge is 0.0591 e. The van der Waals surface area contributed by atoms with Crippen LogP contribution in [0.3, 0.4) is 0 Å². The lowest BCUT2D eigenvalue weighted by molar-refractivity contribution is 0.109. The van der Waals surface area contributed by atoms with Crippen molar-refractivity contribution in [3.05, 3.63) is 33.8 Å². The van der Waals surface area contributed by atoms with Gasteiger partial charge in [-0.3, -0.25) is 0 Å². The predicted molar refractivity (Wildman–Crippen MR) is 82.7 cm³/mol. The Morgan fingerprint density at radius 2 is 2.00 bits per heavy atom. The maximum Gasteiger partial charge on any atom is 0.0591 e. The molecule has 0 aromatic heterocycles. The van der Waals surface area contributed by atoms with Crippen LogP contribution in [-0.2, 0) is 17.6 Å². The Hall–Kier alpha value is -0.420. The van der Waals surface area contributed by atoms with Gasteiger partial charge in [0.25, 0.3) is 0 Å². The molecule has 2 aliphatic rings. The Bertz CT molecular complexity index is 382. The lowest BCUT2D eigenvalue weighted by atomic mass is 10.1. The van der Waals surface area contributed by atoms with Crippen molar-refractivity contribution in [2.75, 3.05) is 32.8 Å². The first-order chi connectivity index (χ1) is 9.29. The molecule has 0 bridgehead atoms. The van der Waals surface area contributed by atoms with Crippen LogP contribution in [0.5, 0.6) is 0 Å². The number of hydrogen-bond acceptors (Lipinski definition) is 3. The third-order valence-electron chi connectivity index (χ3n) is 3.44. The summed E-state index contributed by atoms with van der Waals surface area (Å²) >= 11 is 3.50. The average molecular weight is 327 g/mol. The summed E-state index contributed by atoms with van der Waals surface area (Å²) in [7, 11) is 0. The highest BCUT2D eigenvalue weighted by molar-refractivity contribution is 9.10. The summed E-state index contributed by atoms with van der Waals surface area (Å²) in [6, 6.07) is 7.27. The molecule has 3 nitrogen and oxygen atoms in total. The molecule has 1 aromatic rings. The molecule has 19 heavy (non-hydrogen) atoms. The van der Waals surface area contributed by atoms with E-state index in [1.54, 1.807) is 0 Å². The summed E-state index contributed by atoms with van der Waals surface area (Å²) < 4.78 is 6.20. The lowest BCUT2D eigenvalue weighted by Gasteiger charge is -2.10. The first kappa shape index (κ1) is 15.0. The number of likely N-dealkylation sites (N-methyl/N-ethyl adjacent to an activating group) is 1. The predicted octanol–water partition coefficient (Wildman–Crippen LogP) is 2.13. The van der Waals surface area contributed by atoms with Gasteiger partial charge >= 0.3 is 0 Å². The number of hydrogen-bond donors (Lipinski definition) is 2. The van der Waals surface area contributed by atoms with Gasteiger partial charge in [-0.15, -0.1) is 0 Å². The number of benzene rings is 1. The number of nitrogens with one attached hydrogen (secondary N) is 2. The zero-order valence-electron chi connectivity index (χ0n) is 11.5. The number of rotatable bonds is 2. The molecule has 1 atom stereocenters. The van der Waals surface area contributed by atoms with Crippen LogP contribution >= 0.6 is 15.9 Å². The van der Waals surface area contributed by atoms with E-state index < -0.39 is 0 Å². The molecule has 1 unspecified atom stereocenters. The van der Waals surface area contributed by atoms with Gasteiger partial charge in [-0.2, -0.15) is 0 Å². The van der Waals surface area contributed by atoms with E-state index in [-0.39, 0.29) is 0 Å². The fourth-order valence-electron chi connectivity index (χ4n) is 2.54. The average Bonchev–Trinajstić information content (AvgIpc) is 2.83. The molecule has 2 N–H and O–H groups in total.